The zero-order chi connectivity index (χ0) is 13.8. The molecule has 1 N–H and O–H groups in total. The summed E-state index contributed by atoms with van der Waals surface area (Å²) in [7, 11) is 0. The molecule has 2 rings (SSSR count). The van der Waals surface area contributed by atoms with Crippen LogP contribution < -0.4 is 5.32 Å². The van der Waals surface area contributed by atoms with Crippen molar-refractivity contribution in [1.29, 1.82) is 0 Å². The van der Waals surface area contributed by atoms with Crippen LogP contribution in [0.4, 0.5) is 14.5 Å². The van der Waals surface area contributed by atoms with Gasteiger partial charge in [-0.3, -0.25) is 4.79 Å². The highest BCUT2D eigenvalue weighted by Crippen LogP contribution is 2.19. The van der Waals surface area contributed by atoms with Crippen molar-refractivity contribution in [2.75, 3.05) is 11.6 Å². The Kier molecular flexibility index (Phi) is 4.16. The number of anilines is 1. The lowest BCUT2D eigenvalue weighted by molar-refractivity contribution is 0.102. The molecule has 0 aliphatic rings. The lowest BCUT2D eigenvalue weighted by Crippen LogP contribution is -2.12. The molecular weight excluding hydrogens is 268 g/mol. The fourth-order valence-electron chi connectivity index (χ4n) is 1.54. The van der Waals surface area contributed by atoms with Crippen LogP contribution in [-0.2, 0) is 0 Å². The molecular formula is C14H11F2NOS. The Morgan fingerprint density at radius 2 is 1.89 bits per heavy atom. The van der Waals surface area contributed by atoms with Crippen molar-refractivity contribution in [2.24, 2.45) is 0 Å². The van der Waals surface area contributed by atoms with Crippen LogP contribution in [0.2, 0.25) is 0 Å². The van der Waals surface area contributed by atoms with E-state index in [2.05, 4.69) is 5.32 Å². The average molecular weight is 279 g/mol. The number of carbonyl (C=O) groups is 1. The number of halogens is 2. The second-order valence-corrected chi connectivity index (χ2v) is 4.69. The summed E-state index contributed by atoms with van der Waals surface area (Å²) in [5.41, 5.74) is 0.690. The molecule has 0 bridgehead atoms. The van der Waals surface area contributed by atoms with Gasteiger partial charge in [0.25, 0.3) is 5.91 Å². The van der Waals surface area contributed by atoms with Crippen molar-refractivity contribution in [2.45, 2.75) is 4.90 Å². The monoisotopic (exact) mass is 279 g/mol. The Morgan fingerprint density at radius 3 is 2.58 bits per heavy atom. The van der Waals surface area contributed by atoms with E-state index in [1.165, 1.54) is 6.07 Å². The number of hydrogen-bond donors (Lipinski definition) is 1. The van der Waals surface area contributed by atoms with Crippen LogP contribution in [0.15, 0.2) is 47.4 Å². The molecule has 0 radical (unpaired) electrons. The molecule has 0 aliphatic heterocycles. The van der Waals surface area contributed by atoms with Crippen LogP contribution in [-0.4, -0.2) is 12.2 Å². The van der Waals surface area contributed by atoms with Crippen molar-refractivity contribution in [3.8, 4) is 0 Å². The van der Waals surface area contributed by atoms with Crippen LogP contribution in [0.5, 0.6) is 0 Å². The molecule has 0 heterocycles. The largest absolute Gasteiger partial charge is 0.322 e. The average Bonchev–Trinajstić information content (AvgIpc) is 2.42. The first-order valence-corrected chi connectivity index (χ1v) is 6.73. The first kappa shape index (κ1) is 13.5. The molecule has 2 aromatic rings. The second kappa shape index (κ2) is 5.84. The first-order chi connectivity index (χ1) is 9.10. The summed E-state index contributed by atoms with van der Waals surface area (Å²) < 4.78 is 25.8. The molecule has 1 amide bonds. The SMILES string of the molecule is CSc1cccc(NC(=O)c2ccc(F)c(F)c2)c1. The van der Waals surface area contributed by atoms with E-state index >= 15 is 0 Å². The molecule has 0 saturated heterocycles. The Hall–Kier alpha value is -1.88. The normalized spacial score (nSPS) is 10.3. The molecule has 98 valence electrons. The van der Waals surface area contributed by atoms with Gasteiger partial charge in [0.1, 0.15) is 0 Å². The second-order valence-electron chi connectivity index (χ2n) is 3.81. The van der Waals surface area contributed by atoms with E-state index in [0.717, 1.165) is 17.0 Å². The zero-order valence-corrected chi connectivity index (χ0v) is 10.9. The quantitative estimate of drug-likeness (QED) is 0.862. The van der Waals surface area contributed by atoms with Gasteiger partial charge in [-0.2, -0.15) is 0 Å². The fraction of sp³-hybridized carbons (Fsp3) is 0.0714. The summed E-state index contributed by atoms with van der Waals surface area (Å²) in [5, 5.41) is 2.64. The van der Waals surface area contributed by atoms with Gasteiger partial charge in [-0.1, -0.05) is 6.07 Å². The predicted molar refractivity (Wildman–Crippen MR) is 72.5 cm³/mol. The van der Waals surface area contributed by atoms with Gasteiger partial charge in [-0.05, 0) is 42.7 Å². The molecule has 0 aromatic heterocycles. The van der Waals surface area contributed by atoms with Gasteiger partial charge in [0, 0.05) is 16.1 Å². The van der Waals surface area contributed by atoms with Gasteiger partial charge in [0.15, 0.2) is 11.6 Å². The molecule has 2 aromatic carbocycles. The molecule has 2 nitrogen and oxygen atoms in total. The van der Waals surface area contributed by atoms with Crippen LogP contribution in [0.25, 0.3) is 0 Å². The third kappa shape index (κ3) is 3.32. The minimum atomic E-state index is -1.04. The summed E-state index contributed by atoms with van der Waals surface area (Å²) in [4.78, 5) is 12.9. The topological polar surface area (TPSA) is 29.1 Å². The lowest BCUT2D eigenvalue weighted by atomic mass is 10.2. The smallest absolute Gasteiger partial charge is 0.255 e. The summed E-state index contributed by atoms with van der Waals surface area (Å²) >= 11 is 1.55. The highest BCUT2D eigenvalue weighted by molar-refractivity contribution is 7.98. The molecule has 5 heteroatoms. The van der Waals surface area contributed by atoms with Crippen molar-refractivity contribution in [3.63, 3.8) is 0 Å². The molecule has 0 spiro atoms. The number of thioether (sulfide) groups is 1. The Balaban J connectivity index is 2.18. The zero-order valence-electron chi connectivity index (χ0n) is 10.1. The van der Waals surface area contributed by atoms with E-state index in [0.29, 0.717) is 5.69 Å². The minimum absolute atomic E-state index is 0.0773. The van der Waals surface area contributed by atoms with Gasteiger partial charge in [0.05, 0.1) is 0 Å². The molecule has 0 aliphatic carbocycles. The van der Waals surface area contributed by atoms with Gasteiger partial charge in [-0.15, -0.1) is 11.8 Å². The Bertz CT molecular complexity index is 616. The molecule has 0 atom stereocenters. The maximum Gasteiger partial charge on any atom is 0.255 e. The maximum absolute atomic E-state index is 13.0. The Morgan fingerprint density at radius 1 is 1.11 bits per heavy atom. The summed E-state index contributed by atoms with van der Waals surface area (Å²) in [6, 6.07) is 10.3. The van der Waals surface area contributed by atoms with Crippen molar-refractivity contribution >= 4 is 23.4 Å². The summed E-state index contributed by atoms with van der Waals surface area (Å²) in [6.07, 6.45) is 1.93. The van der Waals surface area contributed by atoms with Crippen molar-refractivity contribution in [3.05, 3.63) is 59.7 Å². The van der Waals surface area contributed by atoms with Crippen LogP contribution in [0.3, 0.4) is 0 Å². The van der Waals surface area contributed by atoms with Gasteiger partial charge in [-0.25, -0.2) is 8.78 Å². The highest BCUT2D eigenvalue weighted by atomic mass is 32.2. The van der Waals surface area contributed by atoms with E-state index in [1.807, 2.05) is 24.5 Å². The van der Waals surface area contributed by atoms with E-state index in [1.54, 1.807) is 17.8 Å². The van der Waals surface area contributed by atoms with Crippen molar-refractivity contribution in [1.82, 2.24) is 0 Å². The summed E-state index contributed by atoms with van der Waals surface area (Å²) in [5.74, 6) is -2.48. The van der Waals surface area contributed by atoms with Gasteiger partial charge in [0.2, 0.25) is 0 Å². The molecule has 0 saturated carbocycles. The van der Waals surface area contributed by atoms with Crippen LogP contribution >= 0.6 is 11.8 Å². The van der Waals surface area contributed by atoms with E-state index in [-0.39, 0.29) is 5.56 Å². The number of rotatable bonds is 3. The molecule has 0 fully saturated rings. The third-order valence-corrected chi connectivity index (χ3v) is 3.23. The molecule has 0 unspecified atom stereocenters. The third-order valence-electron chi connectivity index (χ3n) is 2.51. The minimum Gasteiger partial charge on any atom is -0.322 e. The lowest BCUT2D eigenvalue weighted by Gasteiger charge is -2.06. The predicted octanol–water partition coefficient (Wildman–Crippen LogP) is 3.94. The maximum atomic E-state index is 13.0. The fourth-order valence-corrected chi connectivity index (χ4v) is 2.00. The van der Waals surface area contributed by atoms with E-state index < -0.39 is 17.5 Å². The number of carbonyl (C=O) groups excluding carboxylic acids is 1. The Labute approximate surface area is 113 Å². The number of hydrogen-bond acceptors (Lipinski definition) is 2. The van der Waals surface area contributed by atoms with E-state index in [9.17, 15) is 13.6 Å². The van der Waals surface area contributed by atoms with Crippen LogP contribution in [0, 0.1) is 11.6 Å². The molecule has 19 heavy (non-hydrogen) atoms. The number of nitrogens with one attached hydrogen (secondary N) is 1. The van der Waals surface area contributed by atoms with Crippen LogP contribution in [0.1, 0.15) is 10.4 Å². The highest BCUT2D eigenvalue weighted by Gasteiger charge is 2.10. The number of amides is 1. The van der Waals surface area contributed by atoms with Gasteiger partial charge >= 0.3 is 0 Å². The van der Waals surface area contributed by atoms with Crippen molar-refractivity contribution < 1.29 is 13.6 Å². The standard InChI is InChI=1S/C14H11F2NOS/c1-19-11-4-2-3-10(8-11)17-14(18)9-5-6-12(15)13(16)7-9/h2-8H,1H3,(H,17,18). The van der Waals surface area contributed by atoms with E-state index in [4.69, 9.17) is 0 Å². The summed E-state index contributed by atoms with van der Waals surface area (Å²) in [6.45, 7) is 0. The first-order valence-electron chi connectivity index (χ1n) is 5.50. The van der Waals surface area contributed by atoms with Gasteiger partial charge < -0.3 is 5.32 Å². The number of benzene rings is 2.